The number of carbonyl (C=O) groups excluding carboxylic acids is 2. The van der Waals surface area contributed by atoms with Crippen LogP contribution in [0.3, 0.4) is 0 Å². The summed E-state index contributed by atoms with van der Waals surface area (Å²) in [6.45, 7) is 0. The van der Waals surface area contributed by atoms with E-state index in [1.807, 2.05) is 0 Å². The van der Waals surface area contributed by atoms with Crippen LogP contribution < -0.4 is 10.6 Å². The van der Waals surface area contributed by atoms with Crippen LogP contribution in [0.5, 0.6) is 0 Å². The maximum absolute atomic E-state index is 13.3. The van der Waals surface area contributed by atoms with E-state index in [4.69, 9.17) is 0 Å². The third kappa shape index (κ3) is 4.30. The first kappa shape index (κ1) is 18.1. The van der Waals surface area contributed by atoms with Crippen LogP contribution in [0.15, 0.2) is 60.9 Å². The molecule has 5 nitrogen and oxygen atoms in total. The van der Waals surface area contributed by atoms with Gasteiger partial charge in [-0.1, -0.05) is 6.07 Å². The van der Waals surface area contributed by atoms with Crippen LogP contribution in [0.1, 0.15) is 20.7 Å². The fourth-order valence-electron chi connectivity index (χ4n) is 2.27. The molecule has 136 valence electrons. The zero-order chi connectivity index (χ0) is 19.4. The van der Waals surface area contributed by atoms with Crippen LogP contribution in [0, 0.1) is 17.5 Å². The van der Waals surface area contributed by atoms with E-state index in [-0.39, 0.29) is 11.3 Å². The summed E-state index contributed by atoms with van der Waals surface area (Å²) in [6, 6.07) is 10.4. The summed E-state index contributed by atoms with van der Waals surface area (Å²) in [6.07, 6.45) is 3.04. The summed E-state index contributed by atoms with van der Waals surface area (Å²) in [4.78, 5) is 28.2. The molecule has 1 aromatic heterocycles. The Labute approximate surface area is 151 Å². The topological polar surface area (TPSA) is 71.1 Å². The quantitative estimate of drug-likeness (QED) is 0.681. The zero-order valence-electron chi connectivity index (χ0n) is 13.7. The number of amides is 2. The SMILES string of the molecule is O=C(Nc1ccncc1)c1cccc(NC(=O)c2cc(F)c(F)c(F)c2)c1. The number of hydrogen-bond donors (Lipinski definition) is 2. The van der Waals surface area contributed by atoms with E-state index < -0.39 is 34.8 Å². The molecule has 2 N–H and O–H groups in total. The van der Waals surface area contributed by atoms with Crippen LogP contribution >= 0.6 is 0 Å². The third-order valence-corrected chi connectivity index (χ3v) is 3.57. The molecule has 0 spiro atoms. The summed E-state index contributed by atoms with van der Waals surface area (Å²) in [5.74, 6) is -5.85. The molecule has 0 unspecified atom stereocenters. The van der Waals surface area contributed by atoms with E-state index >= 15 is 0 Å². The number of benzene rings is 2. The average Bonchev–Trinajstić information content (AvgIpc) is 2.66. The molecule has 0 aliphatic heterocycles. The monoisotopic (exact) mass is 371 g/mol. The second-order valence-electron chi connectivity index (χ2n) is 5.48. The van der Waals surface area contributed by atoms with Gasteiger partial charge in [0.25, 0.3) is 11.8 Å². The number of nitrogens with one attached hydrogen (secondary N) is 2. The minimum atomic E-state index is -1.65. The highest BCUT2D eigenvalue weighted by molar-refractivity contribution is 6.07. The molecule has 3 rings (SSSR count). The van der Waals surface area contributed by atoms with E-state index in [1.165, 1.54) is 36.7 Å². The van der Waals surface area contributed by atoms with E-state index in [0.717, 1.165) is 0 Å². The number of carbonyl (C=O) groups is 2. The number of hydrogen-bond acceptors (Lipinski definition) is 3. The first-order valence-electron chi connectivity index (χ1n) is 7.71. The molecule has 0 bridgehead atoms. The molecule has 0 fully saturated rings. The lowest BCUT2D eigenvalue weighted by atomic mass is 10.1. The van der Waals surface area contributed by atoms with Gasteiger partial charge in [0.05, 0.1) is 0 Å². The van der Waals surface area contributed by atoms with Crippen LogP contribution in [-0.4, -0.2) is 16.8 Å². The van der Waals surface area contributed by atoms with Gasteiger partial charge in [-0.05, 0) is 42.5 Å². The van der Waals surface area contributed by atoms with Gasteiger partial charge in [0.15, 0.2) is 17.5 Å². The maximum atomic E-state index is 13.3. The van der Waals surface area contributed by atoms with Gasteiger partial charge in [0, 0.05) is 34.9 Å². The highest BCUT2D eigenvalue weighted by Gasteiger charge is 2.16. The summed E-state index contributed by atoms with van der Waals surface area (Å²) < 4.78 is 39.5. The fourth-order valence-corrected chi connectivity index (χ4v) is 2.27. The molecule has 0 atom stereocenters. The van der Waals surface area contributed by atoms with Crippen LogP contribution in [0.2, 0.25) is 0 Å². The highest BCUT2D eigenvalue weighted by atomic mass is 19.2. The minimum absolute atomic E-state index is 0.229. The largest absolute Gasteiger partial charge is 0.322 e. The summed E-state index contributed by atoms with van der Waals surface area (Å²) >= 11 is 0. The van der Waals surface area contributed by atoms with E-state index in [9.17, 15) is 22.8 Å². The van der Waals surface area contributed by atoms with Crippen molar-refractivity contribution in [3.05, 3.63) is 89.5 Å². The molecule has 0 saturated carbocycles. The molecule has 3 aromatic rings. The van der Waals surface area contributed by atoms with Gasteiger partial charge in [-0.3, -0.25) is 14.6 Å². The Morgan fingerprint density at radius 2 is 1.33 bits per heavy atom. The van der Waals surface area contributed by atoms with E-state index in [0.29, 0.717) is 17.8 Å². The molecule has 2 aromatic carbocycles. The van der Waals surface area contributed by atoms with Crippen molar-refractivity contribution >= 4 is 23.2 Å². The van der Waals surface area contributed by atoms with Crippen molar-refractivity contribution in [2.24, 2.45) is 0 Å². The smallest absolute Gasteiger partial charge is 0.255 e. The second-order valence-corrected chi connectivity index (χ2v) is 5.48. The van der Waals surface area contributed by atoms with Crippen molar-refractivity contribution in [3.63, 3.8) is 0 Å². The summed E-state index contributed by atoms with van der Waals surface area (Å²) in [5.41, 5.74) is 0.633. The molecule has 0 aliphatic rings. The van der Waals surface area contributed by atoms with E-state index in [2.05, 4.69) is 15.6 Å². The van der Waals surface area contributed by atoms with Crippen molar-refractivity contribution in [3.8, 4) is 0 Å². The number of pyridine rings is 1. The number of anilines is 2. The maximum Gasteiger partial charge on any atom is 0.255 e. The van der Waals surface area contributed by atoms with Crippen molar-refractivity contribution in [1.82, 2.24) is 4.98 Å². The van der Waals surface area contributed by atoms with E-state index in [1.54, 1.807) is 12.1 Å². The van der Waals surface area contributed by atoms with Crippen LogP contribution in [0.4, 0.5) is 24.5 Å². The van der Waals surface area contributed by atoms with Gasteiger partial charge in [-0.25, -0.2) is 13.2 Å². The Kier molecular flexibility index (Phi) is 5.16. The van der Waals surface area contributed by atoms with Crippen molar-refractivity contribution in [2.75, 3.05) is 10.6 Å². The predicted molar refractivity (Wildman–Crippen MR) is 92.9 cm³/mol. The molecule has 27 heavy (non-hydrogen) atoms. The van der Waals surface area contributed by atoms with Crippen molar-refractivity contribution in [2.45, 2.75) is 0 Å². The van der Waals surface area contributed by atoms with Gasteiger partial charge >= 0.3 is 0 Å². The van der Waals surface area contributed by atoms with Crippen LogP contribution in [0.25, 0.3) is 0 Å². The van der Waals surface area contributed by atoms with Gasteiger partial charge in [-0.2, -0.15) is 0 Å². The molecule has 1 heterocycles. The van der Waals surface area contributed by atoms with Crippen molar-refractivity contribution in [1.29, 1.82) is 0 Å². The number of aromatic nitrogens is 1. The average molecular weight is 371 g/mol. The zero-order valence-corrected chi connectivity index (χ0v) is 13.7. The molecule has 2 amide bonds. The Morgan fingerprint density at radius 1 is 0.741 bits per heavy atom. The number of halogens is 3. The molecular weight excluding hydrogens is 359 g/mol. The third-order valence-electron chi connectivity index (χ3n) is 3.57. The molecular formula is C19H12F3N3O2. The fraction of sp³-hybridized carbons (Fsp3) is 0. The number of rotatable bonds is 4. The standard InChI is InChI=1S/C19H12F3N3O2/c20-15-9-12(10-16(21)17(15)22)19(27)25-14-3-1-2-11(8-14)18(26)24-13-4-6-23-7-5-13/h1-10H,(H,25,27)(H,23,24,26). The minimum Gasteiger partial charge on any atom is -0.322 e. The van der Waals surface area contributed by atoms with Gasteiger partial charge in [-0.15, -0.1) is 0 Å². The molecule has 0 saturated heterocycles. The Morgan fingerprint density at radius 3 is 2.00 bits per heavy atom. The highest BCUT2D eigenvalue weighted by Crippen LogP contribution is 2.17. The van der Waals surface area contributed by atoms with Gasteiger partial charge < -0.3 is 10.6 Å². The Bertz CT molecular complexity index is 987. The summed E-state index contributed by atoms with van der Waals surface area (Å²) in [7, 11) is 0. The molecule has 0 aliphatic carbocycles. The lowest BCUT2D eigenvalue weighted by Gasteiger charge is -2.09. The van der Waals surface area contributed by atoms with Gasteiger partial charge in [0.2, 0.25) is 0 Å². The van der Waals surface area contributed by atoms with Crippen molar-refractivity contribution < 1.29 is 22.8 Å². The first-order valence-corrected chi connectivity index (χ1v) is 7.71. The first-order chi connectivity index (χ1) is 12.9. The summed E-state index contributed by atoms with van der Waals surface area (Å²) in [5, 5.41) is 5.07. The lowest BCUT2D eigenvalue weighted by Crippen LogP contribution is -2.15. The Balaban J connectivity index is 1.76. The van der Waals surface area contributed by atoms with Gasteiger partial charge in [0.1, 0.15) is 0 Å². The predicted octanol–water partition coefficient (Wildman–Crippen LogP) is 4.00. The molecule has 0 radical (unpaired) electrons. The normalized spacial score (nSPS) is 10.3. The molecule has 8 heteroatoms. The second kappa shape index (κ2) is 7.69. The van der Waals surface area contributed by atoms with Crippen LogP contribution in [-0.2, 0) is 0 Å². The lowest BCUT2D eigenvalue weighted by molar-refractivity contribution is 0.101. The Hall–Kier alpha value is -3.68. The number of nitrogens with zero attached hydrogens (tertiary/aromatic N) is 1.